The van der Waals surface area contributed by atoms with E-state index in [1.165, 1.54) is 12.1 Å². The first-order chi connectivity index (χ1) is 8.57. The van der Waals surface area contributed by atoms with Gasteiger partial charge in [-0.1, -0.05) is 0 Å². The van der Waals surface area contributed by atoms with Gasteiger partial charge in [0.15, 0.2) is 0 Å². The third-order valence-corrected chi connectivity index (χ3v) is 3.56. The molecule has 0 aromatic heterocycles. The van der Waals surface area contributed by atoms with Crippen LogP contribution in [0.2, 0.25) is 0 Å². The number of nitro groups is 1. The lowest BCUT2D eigenvalue weighted by Crippen LogP contribution is -2.41. The molecule has 1 aromatic carbocycles. The molecule has 1 aromatic rings. The summed E-state index contributed by atoms with van der Waals surface area (Å²) in [7, 11) is -4.53. The van der Waals surface area contributed by atoms with Crippen LogP contribution >= 0.6 is 0 Å². The highest BCUT2D eigenvalue weighted by Gasteiger charge is 2.53. The second-order valence-electron chi connectivity index (χ2n) is 3.61. The molecule has 0 amide bonds. The van der Waals surface area contributed by atoms with Gasteiger partial charge in [0.05, 0.1) is 9.82 Å². The van der Waals surface area contributed by atoms with E-state index in [0.717, 1.165) is 12.1 Å². The Balaban J connectivity index is 2.98. The van der Waals surface area contributed by atoms with Gasteiger partial charge in [-0.15, -0.1) is 8.78 Å². The highest BCUT2D eigenvalue weighted by atomic mass is 32.2. The van der Waals surface area contributed by atoms with E-state index in [4.69, 9.17) is 5.73 Å². The first-order valence-electron chi connectivity index (χ1n) is 4.88. The molecule has 0 radical (unpaired) electrons. The van der Waals surface area contributed by atoms with E-state index >= 15 is 0 Å². The minimum Gasteiger partial charge on any atom is -0.399 e. The second kappa shape index (κ2) is 5.05. The summed E-state index contributed by atoms with van der Waals surface area (Å²) in [6.07, 6.45) is -2.44. The Morgan fingerprint density at radius 3 is 2.26 bits per heavy atom. The molecule has 0 aliphatic rings. The largest absolute Gasteiger partial charge is 0.538 e. The molecule has 1 atom stereocenters. The summed E-state index contributed by atoms with van der Waals surface area (Å²) in [5.74, 6) is 0. The molecular weight excluding hydrogens is 286 g/mol. The van der Waals surface area contributed by atoms with Crippen LogP contribution in [0.25, 0.3) is 0 Å². The van der Waals surface area contributed by atoms with Gasteiger partial charge in [-0.2, -0.15) is 8.42 Å². The summed E-state index contributed by atoms with van der Waals surface area (Å²) in [4.78, 5) is 7.76. The summed E-state index contributed by atoms with van der Waals surface area (Å²) >= 11 is 0. The van der Waals surface area contributed by atoms with E-state index < -0.39 is 32.1 Å². The zero-order valence-corrected chi connectivity index (χ0v) is 10.4. The van der Waals surface area contributed by atoms with Crippen LogP contribution in [0.15, 0.2) is 29.2 Å². The molecule has 106 valence electrons. The number of alkyl halides is 2. The number of anilines is 1. The van der Waals surface area contributed by atoms with E-state index in [2.05, 4.69) is 4.18 Å². The minimum absolute atomic E-state index is 0.266. The van der Waals surface area contributed by atoms with Crippen molar-refractivity contribution in [1.82, 2.24) is 0 Å². The molecule has 1 rings (SSSR count). The maximum Gasteiger partial charge on any atom is 0.538 e. The molecule has 0 heterocycles. The minimum atomic E-state index is -4.53. The molecule has 0 aliphatic carbocycles. The van der Waals surface area contributed by atoms with Crippen LogP contribution in [-0.4, -0.2) is 25.5 Å². The summed E-state index contributed by atoms with van der Waals surface area (Å²) < 4.78 is 53.2. The number of rotatable bonds is 5. The predicted octanol–water partition coefficient (Wildman–Crippen LogP) is 1.23. The van der Waals surface area contributed by atoms with Crippen molar-refractivity contribution in [2.75, 3.05) is 5.73 Å². The normalized spacial score (nSPS) is 14.1. The summed E-state index contributed by atoms with van der Waals surface area (Å²) in [6.45, 7) is 0.595. The second-order valence-corrected chi connectivity index (χ2v) is 5.18. The smallest absolute Gasteiger partial charge is 0.399 e. The van der Waals surface area contributed by atoms with Crippen LogP contribution in [0, 0.1) is 10.1 Å². The Labute approximate surface area is 107 Å². The van der Waals surface area contributed by atoms with Gasteiger partial charge in [0.25, 0.3) is 10.1 Å². The number of halogens is 2. The first-order valence-corrected chi connectivity index (χ1v) is 6.29. The van der Waals surface area contributed by atoms with Crippen LogP contribution in [0.1, 0.15) is 6.92 Å². The molecule has 0 saturated carbocycles. The number of nitrogens with two attached hydrogens (primary N) is 1. The Kier molecular flexibility index (Phi) is 4.06. The topological polar surface area (TPSA) is 113 Å². The standard InChI is InChI=1S/C9H10F2N2O5S/c1-6(9(10,11)13(14)15)18-19(16,17)8-4-2-7(12)3-5-8/h2-6H,12H2,1H3/t6-/m1/s1. The van der Waals surface area contributed by atoms with Gasteiger partial charge >= 0.3 is 6.05 Å². The summed E-state index contributed by atoms with van der Waals surface area (Å²) in [6, 6.07) is 0.0311. The molecular formula is C9H10F2N2O5S. The number of nitrogens with zero attached hydrogens (tertiary/aromatic N) is 1. The molecule has 0 bridgehead atoms. The third-order valence-electron chi connectivity index (χ3n) is 2.17. The van der Waals surface area contributed by atoms with Crippen LogP contribution in [-0.2, 0) is 14.3 Å². The first kappa shape index (κ1) is 15.2. The third kappa shape index (κ3) is 3.35. The van der Waals surface area contributed by atoms with Crippen molar-refractivity contribution < 1.29 is 26.3 Å². The van der Waals surface area contributed by atoms with Crippen molar-refractivity contribution in [3.8, 4) is 0 Å². The molecule has 19 heavy (non-hydrogen) atoms. The molecule has 0 fully saturated rings. The fourth-order valence-electron chi connectivity index (χ4n) is 1.09. The average Bonchev–Trinajstić information content (AvgIpc) is 2.28. The number of hydrogen-bond donors (Lipinski definition) is 1. The maximum absolute atomic E-state index is 12.9. The quantitative estimate of drug-likeness (QED) is 0.287. The van der Waals surface area contributed by atoms with Crippen LogP contribution in [0.5, 0.6) is 0 Å². The van der Waals surface area contributed by atoms with Gasteiger partial charge < -0.3 is 5.73 Å². The van der Waals surface area contributed by atoms with Crippen molar-refractivity contribution in [2.24, 2.45) is 0 Å². The fourth-order valence-corrected chi connectivity index (χ4v) is 2.16. The van der Waals surface area contributed by atoms with E-state index in [1.807, 2.05) is 0 Å². The van der Waals surface area contributed by atoms with E-state index in [1.54, 1.807) is 0 Å². The van der Waals surface area contributed by atoms with Gasteiger partial charge in [0.2, 0.25) is 6.10 Å². The molecule has 0 aliphatic heterocycles. The van der Waals surface area contributed by atoms with Crippen molar-refractivity contribution in [3.05, 3.63) is 34.4 Å². The van der Waals surface area contributed by atoms with Crippen LogP contribution < -0.4 is 5.73 Å². The predicted molar refractivity (Wildman–Crippen MR) is 60.5 cm³/mol. The monoisotopic (exact) mass is 296 g/mol. The van der Waals surface area contributed by atoms with Crippen molar-refractivity contribution in [3.63, 3.8) is 0 Å². The summed E-state index contributed by atoms with van der Waals surface area (Å²) in [5.41, 5.74) is 5.60. The molecule has 0 unspecified atom stereocenters. The lowest BCUT2D eigenvalue weighted by molar-refractivity contribution is -0.654. The van der Waals surface area contributed by atoms with Crippen molar-refractivity contribution in [1.29, 1.82) is 0 Å². The fraction of sp³-hybridized carbons (Fsp3) is 0.333. The molecule has 7 nitrogen and oxygen atoms in total. The van der Waals surface area contributed by atoms with Gasteiger partial charge in [-0.3, -0.25) is 10.1 Å². The number of hydrogen-bond acceptors (Lipinski definition) is 6. The Hall–Kier alpha value is -1.81. The van der Waals surface area contributed by atoms with Gasteiger partial charge in [-0.05, 0) is 31.2 Å². The SMILES string of the molecule is C[C@@H](OS(=O)(=O)c1ccc(N)cc1)C(F)(F)[N+](=O)[O-]. The van der Waals surface area contributed by atoms with Crippen LogP contribution in [0.3, 0.4) is 0 Å². The summed E-state index contributed by atoms with van der Waals surface area (Å²) in [5, 5.41) is 10.1. The van der Waals surface area contributed by atoms with Crippen molar-refractivity contribution >= 4 is 15.8 Å². The molecule has 10 heteroatoms. The zero-order valence-electron chi connectivity index (χ0n) is 9.62. The number of benzene rings is 1. The van der Waals surface area contributed by atoms with E-state index in [-0.39, 0.29) is 5.69 Å². The highest BCUT2D eigenvalue weighted by molar-refractivity contribution is 7.86. The Morgan fingerprint density at radius 1 is 1.37 bits per heavy atom. The van der Waals surface area contributed by atoms with Crippen LogP contribution in [0.4, 0.5) is 14.5 Å². The lowest BCUT2D eigenvalue weighted by Gasteiger charge is -2.15. The Morgan fingerprint density at radius 2 is 1.84 bits per heavy atom. The number of nitrogen functional groups attached to an aromatic ring is 1. The van der Waals surface area contributed by atoms with Gasteiger partial charge in [-0.25, -0.2) is 4.18 Å². The average molecular weight is 296 g/mol. The van der Waals surface area contributed by atoms with Gasteiger partial charge in [0, 0.05) is 5.69 Å². The van der Waals surface area contributed by atoms with Gasteiger partial charge in [0.1, 0.15) is 0 Å². The highest BCUT2D eigenvalue weighted by Crippen LogP contribution is 2.25. The zero-order chi connectivity index (χ0) is 14.8. The molecule has 2 N–H and O–H groups in total. The van der Waals surface area contributed by atoms with E-state index in [0.29, 0.717) is 6.92 Å². The lowest BCUT2D eigenvalue weighted by atomic mass is 10.3. The molecule has 0 saturated heterocycles. The molecule has 0 spiro atoms. The van der Waals surface area contributed by atoms with Crippen molar-refractivity contribution in [2.45, 2.75) is 24.0 Å². The maximum atomic E-state index is 12.9. The Bertz CT molecular complexity index is 573. The van der Waals surface area contributed by atoms with E-state index in [9.17, 15) is 27.3 Å².